The topological polar surface area (TPSA) is 54.0 Å². The fourth-order valence-corrected chi connectivity index (χ4v) is 8.08. The van der Waals surface area contributed by atoms with E-state index in [9.17, 15) is 4.79 Å². The van der Waals surface area contributed by atoms with Gasteiger partial charge in [-0.25, -0.2) is 0 Å². The smallest absolute Gasteiger partial charge is 0.303 e. The van der Waals surface area contributed by atoms with Crippen molar-refractivity contribution in [3.05, 3.63) is 35.9 Å². The van der Waals surface area contributed by atoms with Crippen LogP contribution in [0.4, 0.5) is 0 Å². The number of hydrogen-bond acceptors (Lipinski definition) is 7. The Kier molecular flexibility index (Phi) is 6.52. The molecule has 0 bridgehead atoms. The number of carbonyl (C=O) groups excluding carboxylic acids is 1. The van der Waals surface area contributed by atoms with Crippen molar-refractivity contribution in [2.45, 2.75) is 68.4 Å². The molecule has 0 N–H and O–H groups in total. The van der Waals surface area contributed by atoms with E-state index >= 15 is 0 Å². The zero-order valence-electron chi connectivity index (χ0n) is 17.3. The summed E-state index contributed by atoms with van der Waals surface area (Å²) in [4.78, 5) is 11.8. The molecule has 0 amide bonds. The standard InChI is InChI=1S/C22H30O5S2/c1-15(23)25-18-10-12-28-20-22(18)19(26-21(2,3)27-22)17(14-29-20)9-11-24-13-16-7-5-4-6-8-16/h4-8,17-20H,9-14H2,1-3H3. The molecule has 5 nitrogen and oxygen atoms in total. The summed E-state index contributed by atoms with van der Waals surface area (Å²) >= 11 is 3.83. The molecule has 5 atom stereocenters. The van der Waals surface area contributed by atoms with Gasteiger partial charge in [-0.1, -0.05) is 30.3 Å². The minimum Gasteiger partial charge on any atom is -0.459 e. The predicted molar refractivity (Wildman–Crippen MR) is 116 cm³/mol. The SMILES string of the molecule is CC(=O)OC1CCSC2SCC(CCOCc3ccccc3)C3OC(C)(C)OC123. The van der Waals surface area contributed by atoms with Gasteiger partial charge in [0.2, 0.25) is 0 Å². The zero-order valence-corrected chi connectivity index (χ0v) is 18.9. The monoisotopic (exact) mass is 438 g/mol. The highest BCUT2D eigenvalue weighted by atomic mass is 32.2. The average molecular weight is 439 g/mol. The first-order valence-corrected chi connectivity index (χ1v) is 12.4. The van der Waals surface area contributed by atoms with Crippen molar-refractivity contribution in [3.63, 3.8) is 0 Å². The van der Waals surface area contributed by atoms with Crippen LogP contribution in [0.2, 0.25) is 0 Å². The number of thioether (sulfide) groups is 2. The number of benzene rings is 1. The Labute approximate surface area is 181 Å². The molecule has 3 fully saturated rings. The summed E-state index contributed by atoms with van der Waals surface area (Å²) in [6, 6.07) is 10.2. The van der Waals surface area contributed by atoms with Gasteiger partial charge < -0.3 is 18.9 Å². The quantitative estimate of drug-likeness (QED) is 0.486. The predicted octanol–water partition coefficient (Wildman–Crippen LogP) is 4.24. The average Bonchev–Trinajstić information content (AvgIpc) is 2.97. The second kappa shape index (κ2) is 8.79. The van der Waals surface area contributed by atoms with Gasteiger partial charge in [0.25, 0.3) is 0 Å². The van der Waals surface area contributed by atoms with E-state index < -0.39 is 11.4 Å². The third-order valence-corrected chi connectivity index (χ3v) is 8.99. The van der Waals surface area contributed by atoms with Crippen molar-refractivity contribution >= 4 is 29.5 Å². The molecule has 3 saturated heterocycles. The summed E-state index contributed by atoms with van der Waals surface area (Å²) in [5.74, 6) is 1.34. The Bertz CT molecular complexity index is 712. The third-order valence-electron chi connectivity index (χ3n) is 5.74. The van der Waals surface area contributed by atoms with Crippen LogP contribution in [-0.2, 0) is 30.3 Å². The van der Waals surface area contributed by atoms with Gasteiger partial charge in [0.15, 0.2) is 11.4 Å². The first-order chi connectivity index (χ1) is 13.9. The second-order valence-corrected chi connectivity index (χ2v) is 11.1. The van der Waals surface area contributed by atoms with Gasteiger partial charge in [-0.2, -0.15) is 0 Å². The van der Waals surface area contributed by atoms with Crippen molar-refractivity contribution < 1.29 is 23.7 Å². The molecule has 1 aromatic carbocycles. The number of rotatable bonds is 6. The fraction of sp³-hybridized carbons (Fsp3) is 0.682. The summed E-state index contributed by atoms with van der Waals surface area (Å²) in [6.07, 6.45) is 1.34. The molecule has 5 unspecified atom stereocenters. The summed E-state index contributed by atoms with van der Waals surface area (Å²) in [5.41, 5.74) is 0.590. The molecular formula is C22H30O5S2. The Morgan fingerprint density at radius 2 is 2.03 bits per heavy atom. The lowest BCUT2D eigenvalue weighted by Gasteiger charge is -2.51. The first-order valence-electron chi connectivity index (χ1n) is 10.3. The Hall–Kier alpha value is -0.730. The van der Waals surface area contributed by atoms with Crippen molar-refractivity contribution in [1.82, 2.24) is 0 Å². The van der Waals surface area contributed by atoms with Crippen molar-refractivity contribution in [3.8, 4) is 0 Å². The van der Waals surface area contributed by atoms with Gasteiger partial charge in [-0.05, 0) is 49.7 Å². The normalized spacial score (nSPS) is 35.6. The second-order valence-electron chi connectivity index (χ2n) is 8.40. The molecule has 160 valence electrons. The van der Waals surface area contributed by atoms with E-state index in [4.69, 9.17) is 18.9 Å². The maximum atomic E-state index is 11.8. The summed E-state index contributed by atoms with van der Waals surface area (Å²) < 4.78 is 25.0. The van der Waals surface area contributed by atoms with Gasteiger partial charge in [-0.3, -0.25) is 4.79 Å². The summed E-state index contributed by atoms with van der Waals surface area (Å²) in [6.45, 7) is 6.71. The van der Waals surface area contributed by atoms with Crippen LogP contribution in [-0.4, -0.2) is 52.3 Å². The van der Waals surface area contributed by atoms with Crippen molar-refractivity contribution in [2.75, 3.05) is 18.1 Å². The molecule has 0 aliphatic carbocycles. The van der Waals surface area contributed by atoms with E-state index in [0.29, 0.717) is 19.1 Å². The van der Waals surface area contributed by atoms with Gasteiger partial charge in [0, 0.05) is 13.5 Å². The number of ether oxygens (including phenoxy) is 4. The number of esters is 1. The van der Waals surface area contributed by atoms with Crippen molar-refractivity contribution in [1.29, 1.82) is 0 Å². The molecule has 1 spiro atoms. The molecule has 0 aromatic heterocycles. The molecule has 29 heavy (non-hydrogen) atoms. The molecule has 3 heterocycles. The molecular weight excluding hydrogens is 408 g/mol. The first kappa shape index (κ1) is 21.5. The maximum Gasteiger partial charge on any atom is 0.303 e. The Morgan fingerprint density at radius 3 is 2.79 bits per heavy atom. The minimum absolute atomic E-state index is 0.0961. The molecule has 3 aliphatic rings. The Balaban J connectivity index is 1.46. The largest absolute Gasteiger partial charge is 0.459 e. The lowest BCUT2D eigenvalue weighted by atomic mass is 9.81. The van der Waals surface area contributed by atoms with Crippen LogP contribution in [0.25, 0.3) is 0 Å². The highest BCUT2D eigenvalue weighted by Crippen LogP contribution is 2.58. The number of hydrogen-bond donors (Lipinski definition) is 0. The lowest BCUT2D eigenvalue weighted by molar-refractivity contribution is -0.193. The van der Waals surface area contributed by atoms with E-state index in [-0.39, 0.29) is 22.8 Å². The molecule has 3 aliphatic heterocycles. The molecule has 0 saturated carbocycles. The number of carbonyl (C=O) groups is 1. The van der Waals surface area contributed by atoms with Gasteiger partial charge >= 0.3 is 5.97 Å². The van der Waals surface area contributed by atoms with E-state index in [1.807, 2.05) is 55.6 Å². The molecule has 1 aromatic rings. The summed E-state index contributed by atoms with van der Waals surface area (Å²) in [7, 11) is 0. The lowest BCUT2D eigenvalue weighted by Crippen LogP contribution is -2.64. The van der Waals surface area contributed by atoms with E-state index in [0.717, 1.165) is 24.3 Å². The van der Waals surface area contributed by atoms with Crippen LogP contribution in [0.1, 0.15) is 39.2 Å². The van der Waals surface area contributed by atoms with Gasteiger partial charge in [0.1, 0.15) is 6.10 Å². The van der Waals surface area contributed by atoms with Crippen LogP contribution >= 0.6 is 23.5 Å². The molecule has 4 rings (SSSR count). The highest BCUT2D eigenvalue weighted by molar-refractivity contribution is 8.17. The van der Waals surface area contributed by atoms with Gasteiger partial charge in [-0.15, -0.1) is 23.5 Å². The van der Waals surface area contributed by atoms with Crippen molar-refractivity contribution in [2.24, 2.45) is 5.92 Å². The van der Waals surface area contributed by atoms with E-state index in [1.54, 1.807) is 0 Å². The van der Waals surface area contributed by atoms with Crippen LogP contribution in [0.3, 0.4) is 0 Å². The molecule has 7 heteroatoms. The highest BCUT2D eigenvalue weighted by Gasteiger charge is 2.67. The van der Waals surface area contributed by atoms with E-state index in [2.05, 4.69) is 12.1 Å². The van der Waals surface area contributed by atoms with E-state index in [1.165, 1.54) is 12.5 Å². The Morgan fingerprint density at radius 1 is 1.24 bits per heavy atom. The molecule has 0 radical (unpaired) electrons. The minimum atomic E-state index is -0.687. The van der Waals surface area contributed by atoms with Crippen LogP contribution < -0.4 is 0 Å². The van der Waals surface area contributed by atoms with Crippen LogP contribution in [0, 0.1) is 5.92 Å². The third kappa shape index (κ3) is 4.49. The fourth-order valence-electron chi connectivity index (χ4n) is 4.65. The van der Waals surface area contributed by atoms with Gasteiger partial charge in [0.05, 0.1) is 17.3 Å². The van der Waals surface area contributed by atoms with Crippen LogP contribution in [0.15, 0.2) is 30.3 Å². The maximum absolute atomic E-state index is 11.8. The zero-order chi connectivity index (χ0) is 20.5. The summed E-state index contributed by atoms with van der Waals surface area (Å²) in [5, 5.41) is 0. The van der Waals surface area contributed by atoms with Crippen LogP contribution in [0.5, 0.6) is 0 Å².